The van der Waals surface area contributed by atoms with Crippen LogP contribution in [0.4, 0.5) is 4.39 Å². The molecule has 1 saturated carbocycles. The Morgan fingerprint density at radius 2 is 1.82 bits per heavy atom. The fourth-order valence-electron chi connectivity index (χ4n) is 2.90. The van der Waals surface area contributed by atoms with Crippen molar-refractivity contribution in [1.29, 1.82) is 0 Å². The normalized spacial score (nSPS) is 16.5. The maximum Gasteiger partial charge on any atom is 0.243 e. The van der Waals surface area contributed by atoms with Crippen LogP contribution in [0.1, 0.15) is 31.4 Å². The molecule has 118 valence electrons. The number of halogens is 1. The Morgan fingerprint density at radius 1 is 1.14 bits per heavy atom. The summed E-state index contributed by atoms with van der Waals surface area (Å²) < 4.78 is 45.7. The highest BCUT2D eigenvalue weighted by molar-refractivity contribution is 7.89. The second kappa shape index (κ2) is 6.22. The van der Waals surface area contributed by atoms with Crippen molar-refractivity contribution < 1.29 is 17.2 Å². The summed E-state index contributed by atoms with van der Waals surface area (Å²) in [6, 6.07) is 8.46. The summed E-state index contributed by atoms with van der Waals surface area (Å²) in [7, 11) is -3.67. The van der Waals surface area contributed by atoms with Crippen molar-refractivity contribution in [2.45, 2.75) is 43.2 Å². The van der Waals surface area contributed by atoms with Gasteiger partial charge in [-0.05, 0) is 49.2 Å². The summed E-state index contributed by atoms with van der Waals surface area (Å²) in [6.07, 6.45) is 5.28. The van der Waals surface area contributed by atoms with Crippen molar-refractivity contribution in [2.24, 2.45) is 0 Å². The number of hydrogen-bond donors (Lipinski definition) is 0. The second-order valence-corrected chi connectivity index (χ2v) is 7.41. The van der Waals surface area contributed by atoms with E-state index in [1.54, 1.807) is 12.1 Å². The van der Waals surface area contributed by atoms with Crippen LogP contribution in [0, 0.1) is 5.82 Å². The van der Waals surface area contributed by atoms with Gasteiger partial charge in [0.15, 0.2) is 0 Å². The summed E-state index contributed by atoms with van der Waals surface area (Å²) in [5.74, 6) is 0.162. The van der Waals surface area contributed by atoms with Crippen molar-refractivity contribution in [1.82, 2.24) is 4.31 Å². The summed E-state index contributed by atoms with van der Waals surface area (Å²) in [6.45, 7) is 0.206. The largest absolute Gasteiger partial charge is 0.468 e. The predicted octanol–water partition coefficient (Wildman–Crippen LogP) is 3.55. The van der Waals surface area contributed by atoms with E-state index in [1.807, 2.05) is 0 Å². The number of benzene rings is 1. The molecule has 0 saturated heterocycles. The zero-order valence-corrected chi connectivity index (χ0v) is 12.9. The van der Waals surface area contributed by atoms with Gasteiger partial charge in [-0.25, -0.2) is 12.8 Å². The van der Waals surface area contributed by atoms with E-state index in [1.165, 1.54) is 34.8 Å². The smallest absolute Gasteiger partial charge is 0.243 e. The average molecular weight is 323 g/mol. The highest BCUT2D eigenvalue weighted by atomic mass is 32.2. The maximum atomic E-state index is 13.1. The average Bonchev–Trinajstić information content (AvgIpc) is 3.18. The van der Waals surface area contributed by atoms with Crippen LogP contribution in [0.3, 0.4) is 0 Å². The van der Waals surface area contributed by atoms with Gasteiger partial charge in [0.05, 0.1) is 17.7 Å². The van der Waals surface area contributed by atoms with Gasteiger partial charge < -0.3 is 4.42 Å². The molecule has 1 fully saturated rings. The van der Waals surface area contributed by atoms with E-state index in [2.05, 4.69) is 0 Å². The lowest BCUT2D eigenvalue weighted by atomic mass is 10.2. The Morgan fingerprint density at radius 3 is 2.41 bits per heavy atom. The Balaban J connectivity index is 1.94. The van der Waals surface area contributed by atoms with Crippen LogP contribution in [0.15, 0.2) is 52.0 Å². The summed E-state index contributed by atoms with van der Waals surface area (Å²) in [5, 5.41) is 0. The van der Waals surface area contributed by atoms with Gasteiger partial charge >= 0.3 is 0 Å². The van der Waals surface area contributed by atoms with Crippen LogP contribution in [0.5, 0.6) is 0 Å². The standard InChI is InChI=1S/C16H18FNO3S/c17-13-7-9-16(10-8-13)22(19,20)18(14-4-1-2-5-14)12-15-6-3-11-21-15/h3,6-11,14H,1-2,4-5,12H2. The van der Waals surface area contributed by atoms with Crippen LogP contribution >= 0.6 is 0 Å². The van der Waals surface area contributed by atoms with E-state index >= 15 is 0 Å². The number of nitrogens with zero attached hydrogens (tertiary/aromatic N) is 1. The monoisotopic (exact) mass is 323 g/mol. The molecule has 1 aliphatic carbocycles. The van der Waals surface area contributed by atoms with Crippen LogP contribution in [0.2, 0.25) is 0 Å². The van der Waals surface area contributed by atoms with E-state index in [0.717, 1.165) is 25.7 Å². The molecule has 1 aliphatic rings. The highest BCUT2D eigenvalue weighted by Crippen LogP contribution is 2.30. The molecule has 4 nitrogen and oxygen atoms in total. The van der Waals surface area contributed by atoms with Gasteiger partial charge in [-0.1, -0.05) is 12.8 Å². The molecule has 0 radical (unpaired) electrons. The molecule has 1 aromatic carbocycles. The fraction of sp³-hybridized carbons (Fsp3) is 0.375. The maximum absolute atomic E-state index is 13.1. The molecule has 2 aromatic rings. The summed E-state index contributed by atoms with van der Waals surface area (Å²) in [4.78, 5) is 0.118. The van der Waals surface area contributed by atoms with E-state index < -0.39 is 15.8 Å². The first kappa shape index (κ1) is 15.2. The molecule has 0 bridgehead atoms. The third-order valence-electron chi connectivity index (χ3n) is 4.04. The second-order valence-electron chi connectivity index (χ2n) is 5.52. The summed E-state index contributed by atoms with van der Waals surface area (Å²) in [5.41, 5.74) is 0. The number of hydrogen-bond acceptors (Lipinski definition) is 3. The van der Waals surface area contributed by atoms with Crippen molar-refractivity contribution >= 4 is 10.0 Å². The third kappa shape index (κ3) is 3.08. The lowest BCUT2D eigenvalue weighted by Crippen LogP contribution is -2.38. The first-order valence-corrected chi connectivity index (χ1v) is 8.81. The number of sulfonamides is 1. The molecule has 1 aromatic heterocycles. The van der Waals surface area contributed by atoms with Crippen LogP contribution in [-0.4, -0.2) is 18.8 Å². The van der Waals surface area contributed by atoms with Gasteiger partial charge in [0.25, 0.3) is 0 Å². The minimum Gasteiger partial charge on any atom is -0.468 e. The Kier molecular flexibility index (Phi) is 4.31. The van der Waals surface area contributed by atoms with Crippen molar-refractivity contribution in [3.63, 3.8) is 0 Å². The third-order valence-corrected chi connectivity index (χ3v) is 5.96. The Labute approximate surface area is 129 Å². The molecule has 0 atom stereocenters. The van der Waals surface area contributed by atoms with Gasteiger partial charge in [-0.2, -0.15) is 4.31 Å². The minimum atomic E-state index is -3.67. The lowest BCUT2D eigenvalue weighted by Gasteiger charge is -2.27. The molecule has 0 unspecified atom stereocenters. The number of furan rings is 1. The Bertz CT molecular complexity index is 704. The molecule has 6 heteroatoms. The van der Waals surface area contributed by atoms with Crippen molar-refractivity contribution in [2.75, 3.05) is 0 Å². The molecular formula is C16H18FNO3S. The van der Waals surface area contributed by atoms with E-state index in [-0.39, 0.29) is 17.5 Å². The minimum absolute atomic E-state index is 0.0276. The zero-order valence-electron chi connectivity index (χ0n) is 12.1. The summed E-state index contributed by atoms with van der Waals surface area (Å²) >= 11 is 0. The van der Waals surface area contributed by atoms with Crippen molar-refractivity contribution in [3.8, 4) is 0 Å². The van der Waals surface area contributed by atoms with E-state index in [4.69, 9.17) is 4.42 Å². The first-order valence-electron chi connectivity index (χ1n) is 7.37. The molecular weight excluding hydrogens is 305 g/mol. The fourth-order valence-corrected chi connectivity index (χ4v) is 4.55. The molecule has 1 heterocycles. The quantitative estimate of drug-likeness (QED) is 0.845. The molecule has 0 N–H and O–H groups in total. The molecule has 0 aliphatic heterocycles. The number of rotatable bonds is 5. The molecule has 0 spiro atoms. The lowest BCUT2D eigenvalue weighted by molar-refractivity contribution is 0.292. The topological polar surface area (TPSA) is 50.5 Å². The molecule has 0 amide bonds. The predicted molar refractivity (Wildman–Crippen MR) is 80.1 cm³/mol. The zero-order chi connectivity index (χ0) is 15.6. The molecule has 22 heavy (non-hydrogen) atoms. The first-order chi connectivity index (χ1) is 10.6. The highest BCUT2D eigenvalue weighted by Gasteiger charge is 2.33. The molecule has 3 rings (SSSR count). The SMILES string of the molecule is O=S(=O)(c1ccc(F)cc1)N(Cc1ccco1)C1CCCC1. The van der Waals surface area contributed by atoms with Gasteiger partial charge in [0.2, 0.25) is 10.0 Å². The van der Waals surface area contributed by atoms with Crippen molar-refractivity contribution in [3.05, 3.63) is 54.2 Å². The van der Waals surface area contributed by atoms with Gasteiger partial charge in [0.1, 0.15) is 11.6 Å². The van der Waals surface area contributed by atoms with E-state index in [0.29, 0.717) is 5.76 Å². The Hall–Kier alpha value is -1.66. The van der Waals surface area contributed by atoms with Gasteiger partial charge in [0, 0.05) is 6.04 Å². The van der Waals surface area contributed by atoms with Crippen LogP contribution in [0.25, 0.3) is 0 Å². The van der Waals surface area contributed by atoms with E-state index in [9.17, 15) is 12.8 Å². The van der Waals surface area contributed by atoms with Gasteiger partial charge in [-0.15, -0.1) is 0 Å². The van der Waals surface area contributed by atoms with Gasteiger partial charge in [-0.3, -0.25) is 0 Å². The van der Waals surface area contributed by atoms with Crippen LogP contribution < -0.4 is 0 Å². The van der Waals surface area contributed by atoms with Crippen LogP contribution in [-0.2, 0) is 16.6 Å².